The Morgan fingerprint density at radius 2 is 2.10 bits per heavy atom. The van der Waals surface area contributed by atoms with Gasteiger partial charge in [-0.1, -0.05) is 24.6 Å². The molecule has 20 heavy (non-hydrogen) atoms. The smallest absolute Gasteiger partial charge is 0.236 e. The minimum atomic E-state index is -0.740. The molecule has 0 saturated heterocycles. The lowest BCUT2D eigenvalue weighted by Gasteiger charge is -2.40. The van der Waals surface area contributed by atoms with Crippen LogP contribution in [0.4, 0.5) is 10.2 Å². The van der Waals surface area contributed by atoms with Crippen molar-refractivity contribution in [2.45, 2.75) is 24.7 Å². The van der Waals surface area contributed by atoms with Crippen LogP contribution in [0.1, 0.15) is 24.8 Å². The van der Waals surface area contributed by atoms with Crippen molar-refractivity contribution in [3.8, 4) is 0 Å². The van der Waals surface area contributed by atoms with Gasteiger partial charge < -0.3 is 5.32 Å². The molecule has 1 aromatic carbocycles. The molecule has 2 aromatic rings. The minimum absolute atomic E-state index is 0.155. The van der Waals surface area contributed by atoms with Gasteiger partial charge in [0.25, 0.3) is 0 Å². The average molecular weight is 273 g/mol. The van der Waals surface area contributed by atoms with Crippen molar-refractivity contribution in [2.24, 2.45) is 7.05 Å². The summed E-state index contributed by atoms with van der Waals surface area (Å²) in [6.07, 6.45) is 3.91. The van der Waals surface area contributed by atoms with E-state index in [0.717, 1.165) is 6.42 Å². The van der Waals surface area contributed by atoms with E-state index in [1.54, 1.807) is 42.2 Å². The normalized spacial score (nSPS) is 16.5. The molecule has 1 fully saturated rings. The molecular weight excluding hydrogens is 257 g/mol. The molecule has 1 amide bonds. The van der Waals surface area contributed by atoms with E-state index in [-0.39, 0.29) is 11.7 Å². The number of anilines is 1. The predicted molar refractivity (Wildman–Crippen MR) is 73.8 cm³/mol. The van der Waals surface area contributed by atoms with Gasteiger partial charge in [-0.3, -0.25) is 9.48 Å². The van der Waals surface area contributed by atoms with Crippen molar-refractivity contribution in [3.05, 3.63) is 47.9 Å². The summed E-state index contributed by atoms with van der Waals surface area (Å²) < 4.78 is 15.6. The van der Waals surface area contributed by atoms with Crippen LogP contribution in [0.2, 0.25) is 0 Å². The second-order valence-corrected chi connectivity index (χ2v) is 5.21. The molecule has 1 heterocycles. The first kappa shape index (κ1) is 12.8. The quantitative estimate of drug-likeness (QED) is 0.934. The van der Waals surface area contributed by atoms with Crippen molar-refractivity contribution in [1.82, 2.24) is 9.78 Å². The van der Waals surface area contributed by atoms with E-state index in [9.17, 15) is 9.18 Å². The molecule has 5 heteroatoms. The first-order chi connectivity index (χ1) is 9.63. The number of aryl methyl sites for hydroxylation is 1. The van der Waals surface area contributed by atoms with Gasteiger partial charge in [-0.25, -0.2) is 4.39 Å². The van der Waals surface area contributed by atoms with Gasteiger partial charge in [-0.2, -0.15) is 5.10 Å². The van der Waals surface area contributed by atoms with Crippen LogP contribution in [0.5, 0.6) is 0 Å². The summed E-state index contributed by atoms with van der Waals surface area (Å²) in [4.78, 5) is 12.6. The molecule has 104 valence electrons. The molecule has 1 N–H and O–H groups in total. The largest absolute Gasteiger partial charge is 0.310 e. The van der Waals surface area contributed by atoms with Gasteiger partial charge in [-0.05, 0) is 18.9 Å². The number of carbonyl (C=O) groups excluding carboxylic acids is 1. The van der Waals surface area contributed by atoms with Crippen LogP contribution in [-0.2, 0) is 17.3 Å². The van der Waals surface area contributed by atoms with E-state index >= 15 is 0 Å². The Hall–Kier alpha value is -2.17. The fourth-order valence-corrected chi connectivity index (χ4v) is 2.73. The molecule has 0 unspecified atom stereocenters. The minimum Gasteiger partial charge on any atom is -0.310 e. The number of rotatable bonds is 3. The molecule has 4 nitrogen and oxygen atoms in total. The second-order valence-electron chi connectivity index (χ2n) is 5.21. The number of halogens is 1. The fourth-order valence-electron chi connectivity index (χ4n) is 2.73. The lowest BCUT2D eigenvalue weighted by atomic mass is 9.63. The molecule has 0 radical (unpaired) electrons. The Balaban J connectivity index is 1.92. The molecule has 1 aliphatic rings. The number of benzene rings is 1. The Bertz CT molecular complexity index is 646. The number of nitrogens with zero attached hydrogens (tertiary/aromatic N) is 2. The van der Waals surface area contributed by atoms with E-state index in [4.69, 9.17) is 0 Å². The highest BCUT2D eigenvalue weighted by molar-refractivity contribution is 5.99. The van der Waals surface area contributed by atoms with Crippen LogP contribution in [0, 0.1) is 5.82 Å². The summed E-state index contributed by atoms with van der Waals surface area (Å²) in [5.74, 6) is 0.155. The molecule has 1 aliphatic carbocycles. The fraction of sp³-hybridized carbons (Fsp3) is 0.333. The third-order valence-electron chi connectivity index (χ3n) is 4.09. The van der Waals surface area contributed by atoms with Crippen LogP contribution in [0.15, 0.2) is 36.5 Å². The molecule has 0 bridgehead atoms. The Morgan fingerprint density at radius 3 is 2.65 bits per heavy atom. The predicted octanol–water partition coefficient (Wildman–Crippen LogP) is 2.62. The zero-order valence-corrected chi connectivity index (χ0v) is 11.3. The van der Waals surface area contributed by atoms with E-state index < -0.39 is 5.41 Å². The number of hydrogen-bond donors (Lipinski definition) is 1. The number of hydrogen-bond acceptors (Lipinski definition) is 2. The number of amides is 1. The summed E-state index contributed by atoms with van der Waals surface area (Å²) in [5.41, 5.74) is -0.249. The second kappa shape index (κ2) is 4.74. The maximum Gasteiger partial charge on any atom is 0.236 e. The number of aromatic nitrogens is 2. The van der Waals surface area contributed by atoms with E-state index in [2.05, 4.69) is 10.4 Å². The van der Waals surface area contributed by atoms with Crippen LogP contribution in [-0.4, -0.2) is 15.7 Å². The zero-order chi connectivity index (χ0) is 14.2. The molecule has 0 atom stereocenters. The van der Waals surface area contributed by atoms with Crippen LogP contribution >= 0.6 is 0 Å². The first-order valence-corrected chi connectivity index (χ1v) is 6.68. The first-order valence-electron chi connectivity index (χ1n) is 6.68. The van der Waals surface area contributed by atoms with Crippen molar-refractivity contribution >= 4 is 11.7 Å². The van der Waals surface area contributed by atoms with Crippen molar-refractivity contribution < 1.29 is 9.18 Å². The lowest BCUT2D eigenvalue weighted by Crippen LogP contribution is -2.46. The van der Waals surface area contributed by atoms with E-state index in [1.807, 2.05) is 0 Å². The molecule has 3 rings (SSSR count). The van der Waals surface area contributed by atoms with Crippen LogP contribution < -0.4 is 5.32 Å². The van der Waals surface area contributed by atoms with E-state index in [1.165, 1.54) is 6.07 Å². The maximum atomic E-state index is 14.0. The van der Waals surface area contributed by atoms with Crippen LogP contribution in [0.3, 0.4) is 0 Å². The number of nitrogens with one attached hydrogen (secondary N) is 1. The Labute approximate surface area is 116 Å². The van der Waals surface area contributed by atoms with Crippen molar-refractivity contribution in [3.63, 3.8) is 0 Å². The highest BCUT2D eigenvalue weighted by atomic mass is 19.1. The highest BCUT2D eigenvalue weighted by Crippen LogP contribution is 2.45. The van der Waals surface area contributed by atoms with Gasteiger partial charge in [0.15, 0.2) is 0 Å². The summed E-state index contributed by atoms with van der Waals surface area (Å²) in [6.45, 7) is 0. The van der Waals surface area contributed by atoms with Gasteiger partial charge in [0.1, 0.15) is 11.6 Å². The molecule has 0 aliphatic heterocycles. The SMILES string of the molecule is Cn1nccc1NC(=O)C1(c2ccccc2F)CCC1. The van der Waals surface area contributed by atoms with E-state index in [0.29, 0.717) is 24.2 Å². The number of carbonyl (C=O) groups is 1. The average Bonchev–Trinajstić information content (AvgIpc) is 2.76. The molecular formula is C15H16FN3O. The summed E-state index contributed by atoms with van der Waals surface area (Å²) >= 11 is 0. The van der Waals surface area contributed by atoms with Gasteiger partial charge in [0.2, 0.25) is 5.91 Å². The summed E-state index contributed by atoms with van der Waals surface area (Å²) in [5, 5.41) is 6.87. The van der Waals surface area contributed by atoms with Gasteiger partial charge in [-0.15, -0.1) is 0 Å². The zero-order valence-electron chi connectivity index (χ0n) is 11.3. The van der Waals surface area contributed by atoms with Crippen LogP contribution in [0.25, 0.3) is 0 Å². The summed E-state index contributed by atoms with van der Waals surface area (Å²) in [7, 11) is 1.76. The van der Waals surface area contributed by atoms with Crippen molar-refractivity contribution in [2.75, 3.05) is 5.32 Å². The third kappa shape index (κ3) is 1.90. The third-order valence-corrected chi connectivity index (χ3v) is 4.09. The Kier molecular flexibility index (Phi) is 3.04. The highest BCUT2D eigenvalue weighted by Gasteiger charge is 2.47. The maximum absolute atomic E-state index is 14.0. The van der Waals surface area contributed by atoms with Crippen molar-refractivity contribution in [1.29, 1.82) is 0 Å². The topological polar surface area (TPSA) is 46.9 Å². The lowest BCUT2D eigenvalue weighted by molar-refractivity contribution is -0.124. The van der Waals surface area contributed by atoms with Gasteiger partial charge >= 0.3 is 0 Å². The molecule has 0 spiro atoms. The standard InChI is InChI=1S/C15H16FN3O/c1-19-13(7-10-17-19)18-14(20)15(8-4-9-15)11-5-2-3-6-12(11)16/h2-3,5-7,10H,4,8-9H2,1H3,(H,18,20). The molecule has 1 aromatic heterocycles. The Morgan fingerprint density at radius 1 is 1.35 bits per heavy atom. The molecule has 1 saturated carbocycles. The monoisotopic (exact) mass is 273 g/mol. The van der Waals surface area contributed by atoms with Gasteiger partial charge in [0, 0.05) is 18.7 Å². The van der Waals surface area contributed by atoms with Gasteiger partial charge in [0.05, 0.1) is 11.6 Å². The summed E-state index contributed by atoms with van der Waals surface area (Å²) in [6, 6.07) is 8.26.